The van der Waals surface area contributed by atoms with Crippen LogP contribution in [0.4, 0.5) is 5.82 Å². The van der Waals surface area contributed by atoms with E-state index in [1.807, 2.05) is 13.0 Å². The Labute approximate surface area is 128 Å². The van der Waals surface area contributed by atoms with E-state index in [1.165, 1.54) is 0 Å². The van der Waals surface area contributed by atoms with Crippen molar-refractivity contribution in [3.05, 3.63) is 53.7 Å². The van der Waals surface area contributed by atoms with Crippen molar-refractivity contribution >= 4 is 28.9 Å². The summed E-state index contributed by atoms with van der Waals surface area (Å²) in [4.78, 5) is 16.1. The van der Waals surface area contributed by atoms with Crippen LogP contribution in [0.5, 0.6) is 5.75 Å². The largest absolute Gasteiger partial charge is 0.483 e. The molecule has 0 spiro atoms. The van der Waals surface area contributed by atoms with Gasteiger partial charge >= 0.3 is 0 Å². The van der Waals surface area contributed by atoms with Gasteiger partial charge in [0.25, 0.3) is 5.91 Å². The Hall–Kier alpha value is -2.47. The van der Waals surface area contributed by atoms with Gasteiger partial charge in [-0.3, -0.25) is 4.79 Å². The van der Waals surface area contributed by atoms with E-state index in [2.05, 4.69) is 10.3 Å². The minimum atomic E-state index is -0.302. The lowest BCUT2D eigenvalue weighted by Gasteiger charge is -2.10. The van der Waals surface area contributed by atoms with E-state index in [-0.39, 0.29) is 17.5 Å². The first-order valence-corrected chi connectivity index (χ1v) is 6.71. The number of ether oxygens (including phenoxy) is 1. The second-order valence-electron chi connectivity index (χ2n) is 4.42. The number of nitrogens with two attached hydrogens (primary N) is 1. The van der Waals surface area contributed by atoms with E-state index >= 15 is 0 Å². The van der Waals surface area contributed by atoms with E-state index < -0.39 is 0 Å². The monoisotopic (exact) mass is 301 g/mol. The average molecular weight is 301 g/mol. The van der Waals surface area contributed by atoms with Gasteiger partial charge in [-0.1, -0.05) is 30.4 Å². The first-order chi connectivity index (χ1) is 10.1. The number of aryl methyl sites for hydroxylation is 1. The summed E-state index contributed by atoms with van der Waals surface area (Å²) in [6.45, 7) is 1.78. The number of benzene rings is 1. The Morgan fingerprint density at radius 3 is 2.76 bits per heavy atom. The zero-order valence-corrected chi connectivity index (χ0v) is 12.3. The number of para-hydroxylation sites is 1. The Bertz CT molecular complexity index is 656. The molecule has 0 aliphatic heterocycles. The lowest BCUT2D eigenvalue weighted by atomic mass is 10.2. The number of hydrogen-bond donors (Lipinski definition) is 2. The maximum absolute atomic E-state index is 11.8. The molecule has 0 unspecified atom stereocenters. The summed E-state index contributed by atoms with van der Waals surface area (Å²) in [5.41, 5.74) is 7.23. The molecule has 0 radical (unpaired) electrons. The van der Waals surface area contributed by atoms with Crippen LogP contribution in [-0.4, -0.2) is 22.5 Å². The summed E-state index contributed by atoms with van der Waals surface area (Å²) < 4.78 is 5.45. The maximum atomic E-state index is 11.8. The lowest BCUT2D eigenvalue weighted by molar-refractivity contribution is -0.118. The summed E-state index contributed by atoms with van der Waals surface area (Å²) in [7, 11) is 0. The molecule has 5 nitrogen and oxygen atoms in total. The Kier molecular flexibility index (Phi) is 4.84. The molecule has 2 aromatic rings. The molecular formula is C15H15N3O2S. The summed E-state index contributed by atoms with van der Waals surface area (Å²) in [5.74, 6) is 0.665. The van der Waals surface area contributed by atoms with Crippen LogP contribution in [0.15, 0.2) is 42.6 Å². The van der Waals surface area contributed by atoms with Crippen LogP contribution < -0.4 is 15.8 Å². The molecule has 0 bridgehead atoms. The minimum absolute atomic E-state index is 0.144. The van der Waals surface area contributed by atoms with Gasteiger partial charge in [0.1, 0.15) is 16.6 Å². The van der Waals surface area contributed by atoms with Gasteiger partial charge in [0.05, 0.1) is 5.56 Å². The van der Waals surface area contributed by atoms with Gasteiger partial charge in [-0.05, 0) is 30.7 Å². The molecule has 1 heterocycles. The van der Waals surface area contributed by atoms with Crippen LogP contribution in [0.3, 0.4) is 0 Å². The van der Waals surface area contributed by atoms with Crippen molar-refractivity contribution in [3.8, 4) is 5.75 Å². The number of amides is 1. The molecule has 6 heteroatoms. The second-order valence-corrected chi connectivity index (χ2v) is 4.86. The highest BCUT2D eigenvalue weighted by molar-refractivity contribution is 7.80. The summed E-state index contributed by atoms with van der Waals surface area (Å²) >= 11 is 4.93. The first-order valence-electron chi connectivity index (χ1n) is 6.30. The molecule has 108 valence electrons. The minimum Gasteiger partial charge on any atom is -0.483 e. The molecule has 2 rings (SSSR count). The summed E-state index contributed by atoms with van der Waals surface area (Å²) in [5, 5.41) is 2.65. The van der Waals surface area contributed by atoms with Gasteiger partial charge in [-0.25, -0.2) is 4.98 Å². The molecule has 0 atom stereocenters. The number of anilines is 1. The fourth-order valence-electron chi connectivity index (χ4n) is 1.66. The van der Waals surface area contributed by atoms with Crippen LogP contribution in [0, 0.1) is 6.92 Å². The van der Waals surface area contributed by atoms with Gasteiger partial charge in [-0.15, -0.1) is 0 Å². The average Bonchev–Trinajstić information content (AvgIpc) is 2.48. The normalized spacial score (nSPS) is 9.95. The quantitative estimate of drug-likeness (QED) is 0.826. The second kappa shape index (κ2) is 6.81. The van der Waals surface area contributed by atoms with Crippen LogP contribution >= 0.6 is 12.2 Å². The van der Waals surface area contributed by atoms with Crippen molar-refractivity contribution in [2.75, 3.05) is 11.9 Å². The van der Waals surface area contributed by atoms with Crippen molar-refractivity contribution in [2.45, 2.75) is 6.92 Å². The number of nitrogens with one attached hydrogen (secondary N) is 1. The van der Waals surface area contributed by atoms with E-state index in [0.29, 0.717) is 17.1 Å². The molecule has 1 aromatic carbocycles. The third kappa shape index (κ3) is 4.25. The highest BCUT2D eigenvalue weighted by atomic mass is 32.1. The Morgan fingerprint density at radius 2 is 2.10 bits per heavy atom. The number of aromatic nitrogens is 1. The lowest BCUT2D eigenvalue weighted by Crippen LogP contribution is -2.22. The van der Waals surface area contributed by atoms with Crippen molar-refractivity contribution in [1.29, 1.82) is 0 Å². The van der Waals surface area contributed by atoms with Gasteiger partial charge in [-0.2, -0.15) is 0 Å². The molecule has 1 aromatic heterocycles. The Morgan fingerprint density at radius 1 is 1.33 bits per heavy atom. The molecule has 21 heavy (non-hydrogen) atoms. The number of carbonyl (C=O) groups is 1. The van der Waals surface area contributed by atoms with Gasteiger partial charge < -0.3 is 15.8 Å². The van der Waals surface area contributed by atoms with Crippen LogP contribution in [-0.2, 0) is 4.79 Å². The van der Waals surface area contributed by atoms with E-state index in [1.54, 1.807) is 36.5 Å². The van der Waals surface area contributed by atoms with E-state index in [0.717, 1.165) is 5.56 Å². The summed E-state index contributed by atoms with van der Waals surface area (Å²) in [6, 6.07) is 10.7. The van der Waals surface area contributed by atoms with Crippen molar-refractivity contribution < 1.29 is 9.53 Å². The fourth-order valence-corrected chi connectivity index (χ4v) is 1.83. The van der Waals surface area contributed by atoms with Crippen molar-refractivity contribution in [1.82, 2.24) is 4.98 Å². The predicted octanol–water partition coefficient (Wildman–Crippen LogP) is 2.04. The maximum Gasteiger partial charge on any atom is 0.263 e. The molecule has 0 aliphatic carbocycles. The SMILES string of the molecule is Cc1ccc(NC(=O)COc2ccccc2C(N)=S)nc1. The van der Waals surface area contributed by atoms with Crippen molar-refractivity contribution in [3.63, 3.8) is 0 Å². The van der Waals surface area contributed by atoms with Crippen LogP contribution in [0.25, 0.3) is 0 Å². The topological polar surface area (TPSA) is 77.2 Å². The molecule has 0 aliphatic rings. The zero-order chi connectivity index (χ0) is 15.2. The van der Waals surface area contributed by atoms with Gasteiger partial charge in [0.2, 0.25) is 0 Å². The standard InChI is InChI=1S/C15H15N3O2S/c1-10-6-7-13(17-8-10)18-14(19)9-20-12-5-3-2-4-11(12)15(16)21/h2-8H,9H2,1H3,(H2,16,21)(H,17,18,19). The van der Waals surface area contributed by atoms with E-state index in [4.69, 9.17) is 22.7 Å². The predicted molar refractivity (Wildman–Crippen MR) is 85.4 cm³/mol. The number of carbonyl (C=O) groups excluding carboxylic acids is 1. The summed E-state index contributed by atoms with van der Waals surface area (Å²) in [6.07, 6.45) is 1.68. The highest BCUT2D eigenvalue weighted by Gasteiger charge is 2.08. The first kappa shape index (κ1) is 14.9. The number of pyridine rings is 1. The Balaban J connectivity index is 1.95. The zero-order valence-electron chi connectivity index (χ0n) is 11.5. The van der Waals surface area contributed by atoms with Crippen molar-refractivity contribution in [2.24, 2.45) is 5.73 Å². The smallest absolute Gasteiger partial charge is 0.263 e. The van der Waals surface area contributed by atoms with Gasteiger partial charge in [0, 0.05) is 6.20 Å². The molecule has 0 saturated heterocycles. The van der Waals surface area contributed by atoms with Crippen LogP contribution in [0.1, 0.15) is 11.1 Å². The van der Waals surface area contributed by atoms with Crippen LogP contribution in [0.2, 0.25) is 0 Å². The molecular weight excluding hydrogens is 286 g/mol. The number of hydrogen-bond acceptors (Lipinski definition) is 4. The third-order valence-electron chi connectivity index (χ3n) is 2.69. The molecule has 0 saturated carbocycles. The molecule has 3 N–H and O–H groups in total. The highest BCUT2D eigenvalue weighted by Crippen LogP contribution is 2.17. The number of rotatable bonds is 5. The third-order valence-corrected chi connectivity index (χ3v) is 2.91. The van der Waals surface area contributed by atoms with Gasteiger partial charge in [0.15, 0.2) is 6.61 Å². The molecule has 0 fully saturated rings. The van der Waals surface area contributed by atoms with E-state index in [9.17, 15) is 4.79 Å². The number of nitrogens with zero attached hydrogens (tertiary/aromatic N) is 1. The fraction of sp³-hybridized carbons (Fsp3) is 0.133. The molecule has 1 amide bonds. The number of thiocarbonyl (C=S) groups is 1.